The molecular formula is C14H16N2O4. The van der Waals surface area contributed by atoms with Crippen molar-refractivity contribution in [3.05, 3.63) is 34.3 Å². The number of likely N-dealkylation sites (tertiary alicyclic amines) is 1. The molecule has 0 bridgehead atoms. The second kappa shape index (κ2) is 4.70. The number of aromatic nitrogens is 1. The number of para-hydroxylation sites is 1. The average Bonchev–Trinajstić information content (AvgIpc) is 2.74. The number of carboxylic acid groups (broad SMARTS) is 1. The molecule has 0 radical (unpaired) electrons. The van der Waals surface area contributed by atoms with E-state index in [2.05, 4.69) is 0 Å². The van der Waals surface area contributed by atoms with Gasteiger partial charge in [0, 0.05) is 20.1 Å². The van der Waals surface area contributed by atoms with Gasteiger partial charge in [0.25, 0.3) is 0 Å². The van der Waals surface area contributed by atoms with Gasteiger partial charge in [0.1, 0.15) is 0 Å². The maximum absolute atomic E-state index is 11.6. The maximum Gasteiger partial charge on any atom is 0.419 e. The van der Waals surface area contributed by atoms with Crippen LogP contribution >= 0.6 is 0 Å². The van der Waals surface area contributed by atoms with Crippen molar-refractivity contribution in [3.8, 4) is 0 Å². The lowest BCUT2D eigenvalue weighted by Crippen LogP contribution is -2.36. The van der Waals surface area contributed by atoms with Crippen LogP contribution in [-0.2, 0) is 7.05 Å². The molecule has 2 heterocycles. The minimum Gasteiger partial charge on any atom is -0.465 e. The zero-order chi connectivity index (χ0) is 14.3. The minimum atomic E-state index is -0.864. The van der Waals surface area contributed by atoms with Gasteiger partial charge in [-0.05, 0) is 30.4 Å². The van der Waals surface area contributed by atoms with Gasteiger partial charge in [-0.2, -0.15) is 0 Å². The molecule has 1 aliphatic rings. The monoisotopic (exact) mass is 276 g/mol. The Balaban J connectivity index is 1.96. The summed E-state index contributed by atoms with van der Waals surface area (Å²) in [6.45, 7) is 1.06. The highest BCUT2D eigenvalue weighted by atomic mass is 16.4. The second-order valence-electron chi connectivity index (χ2n) is 5.16. The molecule has 1 amide bonds. The van der Waals surface area contributed by atoms with E-state index in [1.54, 1.807) is 13.1 Å². The molecule has 6 heteroatoms. The summed E-state index contributed by atoms with van der Waals surface area (Å²) >= 11 is 0. The Kier molecular flexibility index (Phi) is 3.00. The summed E-state index contributed by atoms with van der Waals surface area (Å²) in [7, 11) is 1.70. The molecule has 1 aliphatic heterocycles. The number of rotatable bonds is 1. The van der Waals surface area contributed by atoms with Crippen LogP contribution in [0.3, 0.4) is 0 Å². The van der Waals surface area contributed by atoms with E-state index >= 15 is 0 Å². The third kappa shape index (κ3) is 1.97. The Morgan fingerprint density at radius 3 is 2.70 bits per heavy atom. The molecule has 0 saturated carbocycles. The highest BCUT2D eigenvalue weighted by molar-refractivity contribution is 5.77. The molecule has 20 heavy (non-hydrogen) atoms. The molecule has 0 atom stereocenters. The number of fused-ring (bicyclic) bond motifs is 1. The summed E-state index contributed by atoms with van der Waals surface area (Å²) in [6.07, 6.45) is 0.674. The predicted molar refractivity (Wildman–Crippen MR) is 73.0 cm³/mol. The highest BCUT2D eigenvalue weighted by Crippen LogP contribution is 2.32. The largest absolute Gasteiger partial charge is 0.465 e. The number of oxazole rings is 1. The Labute approximate surface area is 115 Å². The van der Waals surface area contributed by atoms with Gasteiger partial charge in [0.15, 0.2) is 5.58 Å². The van der Waals surface area contributed by atoms with Gasteiger partial charge in [-0.1, -0.05) is 12.1 Å². The van der Waals surface area contributed by atoms with Crippen molar-refractivity contribution in [2.75, 3.05) is 13.1 Å². The number of hydrogen-bond acceptors (Lipinski definition) is 3. The van der Waals surface area contributed by atoms with Crippen molar-refractivity contribution in [2.24, 2.45) is 7.05 Å². The molecule has 2 aromatic rings. The van der Waals surface area contributed by atoms with Gasteiger partial charge in [0.2, 0.25) is 0 Å². The van der Waals surface area contributed by atoms with E-state index in [1.807, 2.05) is 12.1 Å². The third-order valence-electron chi connectivity index (χ3n) is 4.04. The molecule has 3 rings (SSSR count). The smallest absolute Gasteiger partial charge is 0.419 e. The van der Waals surface area contributed by atoms with Crippen LogP contribution in [0.4, 0.5) is 4.79 Å². The fraction of sp³-hybridized carbons (Fsp3) is 0.429. The first-order valence-electron chi connectivity index (χ1n) is 6.64. The van der Waals surface area contributed by atoms with Gasteiger partial charge in [-0.15, -0.1) is 0 Å². The molecule has 106 valence electrons. The SMILES string of the molecule is Cn1c(=O)oc2cccc(C3CCN(C(=O)O)CC3)c21. The molecule has 0 unspecified atom stereocenters. The van der Waals surface area contributed by atoms with E-state index in [0.717, 1.165) is 23.9 Å². The second-order valence-corrected chi connectivity index (χ2v) is 5.16. The Morgan fingerprint density at radius 1 is 1.35 bits per heavy atom. The summed E-state index contributed by atoms with van der Waals surface area (Å²) in [6, 6.07) is 5.66. The number of nitrogens with zero attached hydrogens (tertiary/aromatic N) is 2. The first-order chi connectivity index (χ1) is 9.58. The minimum absolute atomic E-state index is 0.262. The van der Waals surface area contributed by atoms with Crippen LogP contribution in [-0.4, -0.2) is 33.8 Å². The van der Waals surface area contributed by atoms with Crippen LogP contribution in [0.15, 0.2) is 27.4 Å². The average molecular weight is 276 g/mol. The van der Waals surface area contributed by atoms with Crippen LogP contribution in [0, 0.1) is 0 Å². The van der Waals surface area contributed by atoms with Crippen molar-refractivity contribution in [1.82, 2.24) is 9.47 Å². The quantitative estimate of drug-likeness (QED) is 0.864. The topological polar surface area (TPSA) is 75.7 Å². The van der Waals surface area contributed by atoms with E-state index in [9.17, 15) is 9.59 Å². The van der Waals surface area contributed by atoms with Crippen molar-refractivity contribution in [1.29, 1.82) is 0 Å². The van der Waals surface area contributed by atoms with E-state index in [-0.39, 0.29) is 11.7 Å². The van der Waals surface area contributed by atoms with E-state index in [0.29, 0.717) is 18.7 Å². The van der Waals surface area contributed by atoms with Gasteiger partial charge in [-0.25, -0.2) is 9.59 Å². The van der Waals surface area contributed by atoms with Crippen LogP contribution in [0.25, 0.3) is 11.1 Å². The van der Waals surface area contributed by atoms with Gasteiger partial charge in [-0.3, -0.25) is 4.57 Å². The molecule has 0 spiro atoms. The van der Waals surface area contributed by atoms with Crippen molar-refractivity contribution < 1.29 is 14.3 Å². The van der Waals surface area contributed by atoms with Crippen molar-refractivity contribution >= 4 is 17.2 Å². The molecule has 1 N–H and O–H groups in total. The fourth-order valence-corrected chi connectivity index (χ4v) is 2.95. The molecular weight excluding hydrogens is 260 g/mol. The number of piperidine rings is 1. The summed E-state index contributed by atoms with van der Waals surface area (Å²) < 4.78 is 6.71. The lowest BCUT2D eigenvalue weighted by Gasteiger charge is -2.30. The lowest BCUT2D eigenvalue weighted by atomic mass is 9.89. The third-order valence-corrected chi connectivity index (χ3v) is 4.04. The number of hydrogen-bond donors (Lipinski definition) is 1. The maximum atomic E-state index is 11.6. The summed E-state index contributed by atoms with van der Waals surface area (Å²) in [5, 5.41) is 8.98. The summed E-state index contributed by atoms with van der Waals surface area (Å²) in [5.41, 5.74) is 2.49. The zero-order valence-electron chi connectivity index (χ0n) is 11.2. The molecule has 1 aromatic heterocycles. The van der Waals surface area contributed by atoms with Crippen molar-refractivity contribution in [2.45, 2.75) is 18.8 Å². The van der Waals surface area contributed by atoms with Crippen LogP contribution < -0.4 is 5.76 Å². The Morgan fingerprint density at radius 2 is 2.05 bits per heavy atom. The van der Waals surface area contributed by atoms with Gasteiger partial charge >= 0.3 is 11.8 Å². The van der Waals surface area contributed by atoms with Gasteiger partial charge < -0.3 is 14.4 Å². The first-order valence-corrected chi connectivity index (χ1v) is 6.64. The Bertz CT molecular complexity index is 708. The van der Waals surface area contributed by atoms with Crippen LogP contribution in [0.2, 0.25) is 0 Å². The summed E-state index contributed by atoms with van der Waals surface area (Å²) in [5.74, 6) is -0.104. The van der Waals surface area contributed by atoms with E-state index < -0.39 is 6.09 Å². The molecule has 1 saturated heterocycles. The normalized spacial score (nSPS) is 16.8. The number of benzene rings is 1. The van der Waals surface area contributed by atoms with E-state index in [1.165, 1.54) is 9.47 Å². The summed E-state index contributed by atoms with van der Waals surface area (Å²) in [4.78, 5) is 24.0. The molecule has 1 aromatic carbocycles. The Hall–Kier alpha value is -2.24. The molecule has 1 fully saturated rings. The number of carbonyl (C=O) groups is 1. The standard InChI is InChI=1S/C14H16N2O4/c1-15-12-10(3-2-4-11(12)20-14(15)19)9-5-7-16(8-6-9)13(17)18/h2-4,9H,5-8H2,1H3,(H,17,18). The van der Waals surface area contributed by atoms with Crippen LogP contribution in [0.1, 0.15) is 24.3 Å². The highest BCUT2D eigenvalue weighted by Gasteiger charge is 2.25. The van der Waals surface area contributed by atoms with Gasteiger partial charge in [0.05, 0.1) is 5.52 Å². The van der Waals surface area contributed by atoms with E-state index in [4.69, 9.17) is 9.52 Å². The first kappa shape index (κ1) is 12.8. The lowest BCUT2D eigenvalue weighted by molar-refractivity contribution is 0.132. The van der Waals surface area contributed by atoms with Crippen LogP contribution in [0.5, 0.6) is 0 Å². The number of amides is 1. The zero-order valence-corrected chi connectivity index (χ0v) is 11.2. The number of aryl methyl sites for hydroxylation is 1. The molecule has 6 nitrogen and oxygen atoms in total. The molecule has 0 aliphatic carbocycles. The fourth-order valence-electron chi connectivity index (χ4n) is 2.95. The van der Waals surface area contributed by atoms with Crippen molar-refractivity contribution in [3.63, 3.8) is 0 Å². The predicted octanol–water partition coefficient (Wildman–Crippen LogP) is 1.99.